The lowest BCUT2D eigenvalue weighted by Crippen LogP contribution is -2.56. The number of amides is 4. The Morgan fingerprint density at radius 3 is 2.38 bits per heavy atom. The number of carbonyl (C=O) groups is 5. The summed E-state index contributed by atoms with van der Waals surface area (Å²) in [5.74, 6) is -3.53. The Morgan fingerprint density at radius 2 is 1.79 bits per heavy atom. The summed E-state index contributed by atoms with van der Waals surface area (Å²) in [4.78, 5) is 61.8. The second-order valence-electron chi connectivity index (χ2n) is 8.30. The van der Waals surface area contributed by atoms with Crippen molar-refractivity contribution in [3.8, 4) is 5.75 Å². The third kappa shape index (κ3) is 7.44. The van der Waals surface area contributed by atoms with Crippen molar-refractivity contribution in [2.24, 2.45) is 11.5 Å². The van der Waals surface area contributed by atoms with Gasteiger partial charge in [-0.1, -0.05) is 12.1 Å². The zero-order valence-corrected chi connectivity index (χ0v) is 18.9. The molecule has 0 bridgehead atoms. The molecule has 1 heterocycles. The number of nitrogens with zero attached hydrogens (tertiary/aromatic N) is 1. The standard InChI is InChI=1S/C22H31N5O7/c1-12(19(30)26-16(22(33)34)11-13-4-6-14(28)7-5-13)25-20(31)17-3-2-10-27(17)21(32)15(23)8-9-18(24)29/h4-7,12,15-17,28H,2-3,8-11,23H2,1H3,(H2,24,29)(H,25,31)(H,26,30)(H,33,34). The van der Waals surface area contributed by atoms with Crippen LogP contribution in [0, 0.1) is 0 Å². The highest BCUT2D eigenvalue weighted by Gasteiger charge is 2.37. The number of carboxylic acid groups (broad SMARTS) is 1. The molecule has 1 saturated heterocycles. The van der Waals surface area contributed by atoms with Crippen molar-refractivity contribution in [3.63, 3.8) is 0 Å². The lowest BCUT2D eigenvalue weighted by molar-refractivity contribution is -0.143. The van der Waals surface area contributed by atoms with Crippen molar-refractivity contribution in [2.45, 2.75) is 63.2 Å². The number of benzene rings is 1. The molecule has 34 heavy (non-hydrogen) atoms. The molecule has 0 aliphatic carbocycles. The molecular weight excluding hydrogens is 446 g/mol. The third-order valence-corrected chi connectivity index (χ3v) is 5.60. The predicted octanol–water partition coefficient (Wildman–Crippen LogP) is -1.41. The van der Waals surface area contributed by atoms with Gasteiger partial charge in [0, 0.05) is 19.4 Å². The molecule has 1 aliphatic rings. The molecule has 1 aliphatic heterocycles. The molecule has 4 unspecified atom stereocenters. The van der Waals surface area contributed by atoms with Crippen molar-refractivity contribution in [2.75, 3.05) is 6.54 Å². The number of likely N-dealkylation sites (tertiary alicyclic amines) is 1. The van der Waals surface area contributed by atoms with Crippen molar-refractivity contribution >= 4 is 29.6 Å². The van der Waals surface area contributed by atoms with Crippen molar-refractivity contribution in [1.82, 2.24) is 15.5 Å². The number of phenols is 1. The Labute approximate surface area is 196 Å². The van der Waals surface area contributed by atoms with Gasteiger partial charge in [0.1, 0.15) is 23.9 Å². The van der Waals surface area contributed by atoms with Crippen molar-refractivity contribution in [1.29, 1.82) is 0 Å². The van der Waals surface area contributed by atoms with Crippen molar-refractivity contribution < 1.29 is 34.2 Å². The SMILES string of the molecule is CC(NC(=O)C1CCCN1C(=O)C(N)CCC(N)=O)C(=O)NC(Cc1ccc(O)cc1)C(=O)O. The van der Waals surface area contributed by atoms with E-state index in [0.29, 0.717) is 24.9 Å². The summed E-state index contributed by atoms with van der Waals surface area (Å²) in [6.45, 7) is 1.72. The molecule has 1 aromatic carbocycles. The number of phenolic OH excluding ortho intramolecular Hbond substituents is 1. The monoisotopic (exact) mass is 477 g/mol. The number of carboxylic acids is 1. The summed E-state index contributed by atoms with van der Waals surface area (Å²) >= 11 is 0. The molecule has 4 amide bonds. The van der Waals surface area contributed by atoms with Crippen LogP contribution in [0.2, 0.25) is 0 Å². The fraction of sp³-hybridized carbons (Fsp3) is 0.500. The van der Waals surface area contributed by atoms with Gasteiger partial charge in [-0.25, -0.2) is 4.79 Å². The molecule has 2 rings (SSSR count). The minimum atomic E-state index is -1.25. The van der Waals surface area contributed by atoms with Crippen LogP contribution < -0.4 is 22.1 Å². The number of aromatic hydroxyl groups is 1. The van der Waals surface area contributed by atoms with E-state index in [1.165, 1.54) is 24.0 Å². The molecule has 12 heteroatoms. The van der Waals surface area contributed by atoms with Crippen LogP contribution in [-0.4, -0.2) is 75.4 Å². The van der Waals surface area contributed by atoms with E-state index < -0.39 is 53.8 Å². The Morgan fingerprint density at radius 1 is 1.15 bits per heavy atom. The summed E-state index contributed by atoms with van der Waals surface area (Å²) in [6.07, 6.45) is 0.947. The van der Waals surface area contributed by atoms with Crippen molar-refractivity contribution in [3.05, 3.63) is 29.8 Å². The first-order valence-electron chi connectivity index (χ1n) is 11.0. The van der Waals surface area contributed by atoms with Crippen LogP contribution in [0.1, 0.15) is 38.2 Å². The smallest absolute Gasteiger partial charge is 0.326 e. The van der Waals surface area contributed by atoms with E-state index in [4.69, 9.17) is 11.5 Å². The Kier molecular flexibility index (Phi) is 9.36. The number of aliphatic carboxylic acids is 1. The van der Waals surface area contributed by atoms with Crippen LogP contribution in [0.5, 0.6) is 5.75 Å². The van der Waals surface area contributed by atoms with Gasteiger partial charge < -0.3 is 37.2 Å². The van der Waals surface area contributed by atoms with Gasteiger partial charge in [-0.3, -0.25) is 19.2 Å². The molecular formula is C22H31N5O7. The zero-order chi connectivity index (χ0) is 25.4. The maximum Gasteiger partial charge on any atom is 0.326 e. The molecule has 8 N–H and O–H groups in total. The largest absolute Gasteiger partial charge is 0.508 e. The summed E-state index contributed by atoms with van der Waals surface area (Å²) in [7, 11) is 0. The number of hydrogen-bond donors (Lipinski definition) is 6. The Bertz CT molecular complexity index is 921. The lowest BCUT2D eigenvalue weighted by Gasteiger charge is -2.27. The lowest BCUT2D eigenvalue weighted by atomic mass is 10.1. The van der Waals surface area contributed by atoms with Crippen LogP contribution in [0.25, 0.3) is 0 Å². The van der Waals surface area contributed by atoms with Crippen LogP contribution in [0.15, 0.2) is 24.3 Å². The van der Waals surface area contributed by atoms with Gasteiger partial charge in [0.2, 0.25) is 23.6 Å². The van der Waals surface area contributed by atoms with Crippen LogP contribution in [-0.2, 0) is 30.4 Å². The highest BCUT2D eigenvalue weighted by Crippen LogP contribution is 2.19. The van der Waals surface area contributed by atoms with Crippen LogP contribution in [0.4, 0.5) is 0 Å². The molecule has 1 fully saturated rings. The Balaban J connectivity index is 1.95. The van der Waals surface area contributed by atoms with Crippen LogP contribution >= 0.6 is 0 Å². The number of hydrogen-bond acceptors (Lipinski definition) is 7. The topological polar surface area (TPSA) is 205 Å². The third-order valence-electron chi connectivity index (χ3n) is 5.60. The second kappa shape index (κ2) is 12.0. The molecule has 0 saturated carbocycles. The average Bonchev–Trinajstić information content (AvgIpc) is 3.27. The summed E-state index contributed by atoms with van der Waals surface area (Å²) in [5.41, 5.74) is 11.5. The molecule has 1 aromatic rings. The highest BCUT2D eigenvalue weighted by atomic mass is 16.4. The quantitative estimate of drug-likeness (QED) is 0.223. The van der Waals surface area contributed by atoms with Gasteiger partial charge in [-0.05, 0) is 43.9 Å². The number of nitrogens with one attached hydrogen (secondary N) is 2. The van der Waals surface area contributed by atoms with E-state index in [9.17, 15) is 34.2 Å². The number of rotatable bonds is 11. The van der Waals surface area contributed by atoms with E-state index in [0.717, 1.165) is 0 Å². The maximum absolute atomic E-state index is 12.8. The molecule has 0 spiro atoms. The first kappa shape index (κ1) is 26.6. The summed E-state index contributed by atoms with van der Waals surface area (Å²) < 4.78 is 0. The van der Waals surface area contributed by atoms with E-state index >= 15 is 0 Å². The predicted molar refractivity (Wildman–Crippen MR) is 120 cm³/mol. The summed E-state index contributed by atoms with van der Waals surface area (Å²) in [5, 5.41) is 23.7. The number of primary amides is 1. The highest BCUT2D eigenvalue weighted by molar-refractivity contribution is 5.94. The summed E-state index contributed by atoms with van der Waals surface area (Å²) in [6, 6.07) is 1.80. The molecule has 12 nitrogen and oxygen atoms in total. The minimum absolute atomic E-state index is 0.0177. The first-order chi connectivity index (χ1) is 16.0. The van der Waals surface area contributed by atoms with Gasteiger partial charge in [-0.15, -0.1) is 0 Å². The maximum atomic E-state index is 12.8. The second-order valence-corrected chi connectivity index (χ2v) is 8.30. The van der Waals surface area contributed by atoms with Crippen LogP contribution in [0.3, 0.4) is 0 Å². The van der Waals surface area contributed by atoms with E-state index in [1.54, 1.807) is 12.1 Å². The van der Waals surface area contributed by atoms with Gasteiger partial charge >= 0.3 is 5.97 Å². The van der Waals surface area contributed by atoms with Gasteiger partial charge in [0.25, 0.3) is 0 Å². The van der Waals surface area contributed by atoms with E-state index in [2.05, 4.69) is 10.6 Å². The first-order valence-corrected chi connectivity index (χ1v) is 11.0. The molecule has 0 aromatic heterocycles. The fourth-order valence-electron chi connectivity index (χ4n) is 3.68. The number of carbonyl (C=O) groups excluding carboxylic acids is 4. The Hall–Kier alpha value is -3.67. The fourth-order valence-corrected chi connectivity index (χ4v) is 3.68. The number of nitrogens with two attached hydrogens (primary N) is 2. The normalized spacial score (nSPS) is 17.9. The van der Waals surface area contributed by atoms with Gasteiger partial charge in [0.05, 0.1) is 6.04 Å². The minimum Gasteiger partial charge on any atom is -0.508 e. The molecule has 0 radical (unpaired) electrons. The zero-order valence-electron chi connectivity index (χ0n) is 18.9. The molecule has 4 atom stereocenters. The van der Waals surface area contributed by atoms with E-state index in [-0.39, 0.29) is 25.0 Å². The molecule has 186 valence electrons. The van der Waals surface area contributed by atoms with Gasteiger partial charge in [0.15, 0.2) is 0 Å². The van der Waals surface area contributed by atoms with Gasteiger partial charge in [-0.2, -0.15) is 0 Å². The van der Waals surface area contributed by atoms with E-state index in [1.807, 2.05) is 0 Å². The average molecular weight is 478 g/mol.